The molecule has 1 fully saturated rings. The second kappa shape index (κ2) is 7.22. The first kappa shape index (κ1) is 16.9. The lowest BCUT2D eigenvalue weighted by molar-refractivity contribution is 0.373. The van der Waals surface area contributed by atoms with E-state index in [0.29, 0.717) is 17.4 Å². The van der Waals surface area contributed by atoms with Crippen molar-refractivity contribution in [3.05, 3.63) is 16.3 Å². The molecule has 1 aliphatic carbocycles. The zero-order valence-corrected chi connectivity index (χ0v) is 14.8. The maximum atomic E-state index is 12.8. The van der Waals surface area contributed by atoms with Gasteiger partial charge in [-0.05, 0) is 37.8 Å². The van der Waals surface area contributed by atoms with Crippen LogP contribution in [0.15, 0.2) is 16.3 Å². The van der Waals surface area contributed by atoms with E-state index in [1.807, 2.05) is 13.0 Å². The van der Waals surface area contributed by atoms with Crippen LogP contribution in [0.2, 0.25) is 0 Å². The molecule has 0 saturated heterocycles. The van der Waals surface area contributed by atoms with Gasteiger partial charge in [0.25, 0.3) is 0 Å². The molecule has 21 heavy (non-hydrogen) atoms. The Morgan fingerprint density at radius 2 is 2.14 bits per heavy atom. The van der Waals surface area contributed by atoms with E-state index in [0.717, 1.165) is 37.2 Å². The minimum absolute atomic E-state index is 0.228. The quantitative estimate of drug-likeness (QED) is 0.757. The largest absolute Gasteiger partial charge is 0.312 e. The second-order valence-electron chi connectivity index (χ2n) is 6.06. The molecule has 4 nitrogen and oxygen atoms in total. The number of sulfonamides is 1. The number of nitrogens with one attached hydrogen (secondary N) is 1. The molecule has 1 aliphatic rings. The van der Waals surface area contributed by atoms with Crippen molar-refractivity contribution in [1.29, 1.82) is 0 Å². The van der Waals surface area contributed by atoms with E-state index in [9.17, 15) is 8.42 Å². The van der Waals surface area contributed by atoms with Crippen molar-refractivity contribution < 1.29 is 8.42 Å². The van der Waals surface area contributed by atoms with Gasteiger partial charge in [0.05, 0.1) is 4.90 Å². The van der Waals surface area contributed by atoms with E-state index in [4.69, 9.17) is 0 Å². The van der Waals surface area contributed by atoms with Crippen molar-refractivity contribution in [3.8, 4) is 0 Å². The average Bonchev–Trinajstić information content (AvgIpc) is 3.12. The van der Waals surface area contributed by atoms with Crippen LogP contribution in [0.3, 0.4) is 0 Å². The Labute approximate surface area is 132 Å². The number of hydrogen-bond donors (Lipinski definition) is 1. The highest BCUT2D eigenvalue weighted by atomic mass is 32.2. The zero-order chi connectivity index (χ0) is 15.5. The summed E-state index contributed by atoms with van der Waals surface area (Å²) in [4.78, 5) is 1.55. The van der Waals surface area contributed by atoms with Gasteiger partial charge in [0.2, 0.25) is 10.0 Å². The Bertz CT molecular complexity index is 548. The van der Waals surface area contributed by atoms with Gasteiger partial charge >= 0.3 is 0 Å². The Morgan fingerprint density at radius 1 is 1.43 bits per heavy atom. The predicted molar refractivity (Wildman–Crippen MR) is 88.1 cm³/mol. The summed E-state index contributed by atoms with van der Waals surface area (Å²) in [5.41, 5.74) is 0. The smallest absolute Gasteiger partial charge is 0.244 e. The van der Waals surface area contributed by atoms with Crippen LogP contribution in [0.25, 0.3) is 0 Å². The molecule has 0 atom stereocenters. The SMILES string of the molecule is CCNCc1cc(S(=O)(=O)N(CCC(C)C)C2CC2)cs1. The molecule has 0 amide bonds. The Hall–Kier alpha value is -0.430. The van der Waals surface area contributed by atoms with Gasteiger partial charge in [-0.1, -0.05) is 20.8 Å². The van der Waals surface area contributed by atoms with E-state index < -0.39 is 10.0 Å². The highest BCUT2D eigenvalue weighted by molar-refractivity contribution is 7.89. The highest BCUT2D eigenvalue weighted by Crippen LogP contribution is 2.33. The van der Waals surface area contributed by atoms with Crippen LogP contribution in [-0.2, 0) is 16.6 Å². The molecule has 1 saturated carbocycles. The molecule has 2 rings (SSSR count). The van der Waals surface area contributed by atoms with Crippen molar-refractivity contribution in [3.63, 3.8) is 0 Å². The molecule has 0 aliphatic heterocycles. The van der Waals surface area contributed by atoms with Gasteiger partial charge in [-0.25, -0.2) is 8.42 Å². The van der Waals surface area contributed by atoms with Gasteiger partial charge in [0, 0.05) is 29.4 Å². The van der Waals surface area contributed by atoms with Crippen LogP contribution in [0.5, 0.6) is 0 Å². The summed E-state index contributed by atoms with van der Waals surface area (Å²) in [6, 6.07) is 2.05. The van der Waals surface area contributed by atoms with Gasteiger partial charge in [0.1, 0.15) is 0 Å². The molecule has 1 aromatic rings. The second-order valence-corrected chi connectivity index (χ2v) is 8.94. The molecule has 1 N–H and O–H groups in total. The molecular formula is C15H26N2O2S2. The summed E-state index contributed by atoms with van der Waals surface area (Å²) in [7, 11) is -3.32. The fraction of sp³-hybridized carbons (Fsp3) is 0.733. The number of thiophene rings is 1. The molecule has 6 heteroatoms. The minimum Gasteiger partial charge on any atom is -0.312 e. The fourth-order valence-corrected chi connectivity index (χ4v) is 5.15. The maximum Gasteiger partial charge on any atom is 0.244 e. The summed E-state index contributed by atoms with van der Waals surface area (Å²) >= 11 is 1.52. The monoisotopic (exact) mass is 330 g/mol. The average molecular weight is 331 g/mol. The van der Waals surface area contributed by atoms with E-state index in [-0.39, 0.29) is 6.04 Å². The molecule has 1 heterocycles. The summed E-state index contributed by atoms with van der Waals surface area (Å²) in [5.74, 6) is 0.522. The number of nitrogens with zero attached hydrogens (tertiary/aromatic N) is 1. The van der Waals surface area contributed by atoms with E-state index in [1.54, 1.807) is 9.69 Å². The Morgan fingerprint density at radius 3 is 2.71 bits per heavy atom. The van der Waals surface area contributed by atoms with Crippen LogP contribution in [0.1, 0.15) is 44.9 Å². The summed E-state index contributed by atoms with van der Waals surface area (Å²) in [6.45, 7) is 8.59. The van der Waals surface area contributed by atoms with Crippen LogP contribution >= 0.6 is 11.3 Å². The molecule has 0 aromatic carbocycles. The third-order valence-electron chi connectivity index (χ3n) is 3.67. The van der Waals surface area contributed by atoms with Crippen molar-refractivity contribution in [2.75, 3.05) is 13.1 Å². The molecule has 0 spiro atoms. The molecule has 0 bridgehead atoms. The Balaban J connectivity index is 2.12. The first-order chi connectivity index (χ1) is 9.95. The van der Waals surface area contributed by atoms with Gasteiger partial charge in [-0.2, -0.15) is 4.31 Å². The van der Waals surface area contributed by atoms with Gasteiger partial charge < -0.3 is 5.32 Å². The standard InChI is InChI=1S/C15H26N2O2S2/c1-4-16-10-14-9-15(11-20-14)21(18,19)17(13-5-6-13)8-7-12(2)3/h9,11-13,16H,4-8,10H2,1-3H3. The van der Waals surface area contributed by atoms with Crippen molar-refractivity contribution in [2.45, 2.75) is 57.5 Å². The van der Waals surface area contributed by atoms with E-state index in [2.05, 4.69) is 19.2 Å². The van der Waals surface area contributed by atoms with Gasteiger partial charge in [-0.15, -0.1) is 11.3 Å². The lowest BCUT2D eigenvalue weighted by Crippen LogP contribution is -2.34. The zero-order valence-electron chi connectivity index (χ0n) is 13.1. The topological polar surface area (TPSA) is 49.4 Å². The van der Waals surface area contributed by atoms with E-state index in [1.165, 1.54) is 11.3 Å². The van der Waals surface area contributed by atoms with Crippen LogP contribution in [0, 0.1) is 5.92 Å². The van der Waals surface area contributed by atoms with E-state index >= 15 is 0 Å². The summed E-state index contributed by atoms with van der Waals surface area (Å²) in [6.07, 6.45) is 2.93. The highest BCUT2D eigenvalue weighted by Gasteiger charge is 2.38. The predicted octanol–water partition coefficient (Wildman–Crippen LogP) is 3.06. The van der Waals surface area contributed by atoms with Crippen molar-refractivity contribution >= 4 is 21.4 Å². The van der Waals surface area contributed by atoms with Gasteiger partial charge in [0.15, 0.2) is 0 Å². The van der Waals surface area contributed by atoms with Crippen LogP contribution in [-0.4, -0.2) is 31.9 Å². The number of rotatable bonds is 9. The summed E-state index contributed by atoms with van der Waals surface area (Å²) in [5, 5.41) is 5.02. The van der Waals surface area contributed by atoms with Gasteiger partial charge in [-0.3, -0.25) is 0 Å². The maximum absolute atomic E-state index is 12.8. The van der Waals surface area contributed by atoms with Crippen LogP contribution < -0.4 is 5.32 Å². The number of hydrogen-bond acceptors (Lipinski definition) is 4. The summed E-state index contributed by atoms with van der Waals surface area (Å²) < 4.78 is 27.4. The molecule has 120 valence electrons. The lowest BCUT2D eigenvalue weighted by Gasteiger charge is -2.22. The molecule has 0 unspecified atom stereocenters. The first-order valence-corrected chi connectivity index (χ1v) is 10.1. The molecule has 0 radical (unpaired) electrons. The normalized spacial score (nSPS) is 16.0. The fourth-order valence-electron chi connectivity index (χ4n) is 2.22. The van der Waals surface area contributed by atoms with Crippen molar-refractivity contribution in [2.24, 2.45) is 5.92 Å². The third kappa shape index (κ3) is 4.52. The molecular weight excluding hydrogens is 304 g/mol. The molecule has 1 aromatic heterocycles. The lowest BCUT2D eigenvalue weighted by atomic mass is 10.1. The van der Waals surface area contributed by atoms with Crippen molar-refractivity contribution in [1.82, 2.24) is 9.62 Å². The first-order valence-electron chi connectivity index (χ1n) is 7.75. The Kier molecular flexibility index (Phi) is 5.82. The minimum atomic E-state index is -3.32. The third-order valence-corrected chi connectivity index (χ3v) is 6.68. The van der Waals surface area contributed by atoms with Crippen LogP contribution in [0.4, 0.5) is 0 Å².